The first-order chi connectivity index (χ1) is 41.0. The molecule has 0 aliphatic carbocycles. The molecule has 1 aliphatic rings. The van der Waals surface area contributed by atoms with Gasteiger partial charge in [0, 0.05) is 55.8 Å². The number of amides is 11. The van der Waals surface area contributed by atoms with Gasteiger partial charge in [-0.2, -0.15) is 0 Å². The number of hydrogen-bond donors (Lipinski definition) is 6. The molecule has 0 saturated carbocycles. The summed E-state index contributed by atoms with van der Waals surface area (Å²) in [5.74, 6) is -12.3. The van der Waals surface area contributed by atoms with E-state index in [0.717, 1.165) is 19.6 Å². The quantitative estimate of drug-likeness (QED) is 0.114. The van der Waals surface area contributed by atoms with Crippen molar-refractivity contribution in [3.8, 4) is 0 Å². The van der Waals surface area contributed by atoms with Crippen molar-refractivity contribution in [2.45, 2.75) is 228 Å². The molecule has 89 heavy (non-hydrogen) atoms. The molecule has 14 atom stereocenters. The van der Waals surface area contributed by atoms with Crippen LogP contribution in [-0.4, -0.2) is 237 Å². The number of allylic oxidation sites excluding steroid dienone is 2. The standard InChI is InChI=1S/C64H111N11O14/c1-25-27-28-40(14)53(78)52-57(82)67-44(26-2)60(85)69(18)43(17)59(84)74(23)51(39(13)29-30-48(76)77)56(81)68-49(37(9)10)63(88)70(19)45(31-34(3)4)55(80)65-41(15)54(79)66-42(16)58(83)71(20)46(32-35(5)6)61(86)72(21)47(33-36(7)8)62(87)73(22)50(38(11)12)64(89)75(52)24/h25,27,34-37,39-47,49-53,78H,11,26,28-33H2,1-10,12-24H3,(H,65,80)(H,66,79)(H,67,82)(H,68,81)(H,76,77)/b27-25+/t39-,40-,41+,42-,43-,44+,45+,46+,47+,49+,50+,51+,52+,53-/m1/s1. The SMILES string of the molecule is C=C(C)[C@H]1C(=O)N(C)[C@@H]([C@H](O)[C@H](C)C/C=C/C)C(=O)N[C@@H](CC)C(=O)N(C)[C@H](C)C(=O)N(C)[C@@H]([C@H](C)CCC(=O)O)C(=O)N[C@@H](C(C)C)C(=O)N(C)[C@@H](CC(C)C)C(=O)N[C@@H](C)C(=O)N[C@H](C)C(=O)N(C)[C@@H](CC(C)C)C(=O)N(C)[C@@H](CC(C)C)C(=O)N1C. The number of aliphatic hydroxyl groups is 1. The summed E-state index contributed by atoms with van der Waals surface area (Å²) in [6.45, 7) is 30.7. The van der Waals surface area contributed by atoms with Gasteiger partial charge >= 0.3 is 5.97 Å². The third-order valence-electron chi connectivity index (χ3n) is 16.9. The smallest absolute Gasteiger partial charge is 0.303 e. The van der Waals surface area contributed by atoms with E-state index in [1.807, 2.05) is 41.5 Å². The summed E-state index contributed by atoms with van der Waals surface area (Å²) in [4.78, 5) is 181. The molecule has 0 spiro atoms. The van der Waals surface area contributed by atoms with Gasteiger partial charge in [0.05, 0.1) is 6.10 Å². The molecule has 1 saturated heterocycles. The molecule has 25 nitrogen and oxygen atoms in total. The highest BCUT2D eigenvalue weighted by atomic mass is 16.4. The van der Waals surface area contributed by atoms with Crippen LogP contribution in [0.4, 0.5) is 0 Å². The lowest BCUT2D eigenvalue weighted by Gasteiger charge is -2.41. The minimum atomic E-state index is -1.70. The maximum absolute atomic E-state index is 15.1. The second-order valence-electron chi connectivity index (χ2n) is 26.2. The van der Waals surface area contributed by atoms with Gasteiger partial charge in [0.2, 0.25) is 65.0 Å². The van der Waals surface area contributed by atoms with Gasteiger partial charge in [0.15, 0.2) is 0 Å². The maximum atomic E-state index is 15.1. The van der Waals surface area contributed by atoms with Crippen molar-refractivity contribution in [3.05, 3.63) is 24.3 Å². The Hall–Kier alpha value is -6.92. The fourth-order valence-electron chi connectivity index (χ4n) is 11.1. The Balaban J connectivity index is 4.44. The molecule has 0 bridgehead atoms. The molecule has 1 rings (SSSR count). The summed E-state index contributed by atoms with van der Waals surface area (Å²) in [6, 6.07) is -14.8. The van der Waals surface area contributed by atoms with Gasteiger partial charge in [-0.3, -0.25) is 57.5 Å². The first-order valence-corrected chi connectivity index (χ1v) is 31.3. The van der Waals surface area contributed by atoms with Crippen LogP contribution in [0.1, 0.15) is 156 Å². The number of carboxylic acids is 1. The molecule has 1 heterocycles. The van der Waals surface area contributed by atoms with Crippen molar-refractivity contribution in [2.75, 3.05) is 49.3 Å². The second kappa shape index (κ2) is 36.1. The van der Waals surface area contributed by atoms with Crippen LogP contribution in [0.15, 0.2) is 24.3 Å². The highest BCUT2D eigenvalue weighted by Gasteiger charge is 2.46. The number of likely N-dealkylation sites (N-methyl/N-ethyl adjacent to an activating group) is 7. The number of nitrogens with zero attached hydrogens (tertiary/aromatic N) is 7. The Morgan fingerprint density at radius 1 is 0.539 bits per heavy atom. The first kappa shape index (κ1) is 80.1. The third-order valence-corrected chi connectivity index (χ3v) is 16.9. The summed E-state index contributed by atoms with van der Waals surface area (Å²) < 4.78 is 0. The minimum absolute atomic E-state index is 0.0551. The van der Waals surface area contributed by atoms with Crippen LogP contribution in [0.2, 0.25) is 0 Å². The maximum Gasteiger partial charge on any atom is 0.303 e. The van der Waals surface area contributed by atoms with E-state index in [1.165, 1.54) is 91.7 Å². The molecule has 0 aromatic carbocycles. The average Bonchev–Trinajstić information content (AvgIpc) is 1.18. The first-order valence-electron chi connectivity index (χ1n) is 31.3. The molecule has 0 unspecified atom stereocenters. The second-order valence-corrected chi connectivity index (χ2v) is 26.2. The van der Waals surface area contributed by atoms with Gasteiger partial charge in [0.1, 0.15) is 66.5 Å². The summed E-state index contributed by atoms with van der Waals surface area (Å²) >= 11 is 0. The van der Waals surface area contributed by atoms with E-state index in [4.69, 9.17) is 0 Å². The Labute approximate surface area is 529 Å². The number of carbonyl (C=O) groups is 12. The minimum Gasteiger partial charge on any atom is -0.481 e. The van der Waals surface area contributed by atoms with Gasteiger partial charge < -0.3 is 65.8 Å². The molecule has 6 N–H and O–H groups in total. The molecule has 0 aromatic heterocycles. The van der Waals surface area contributed by atoms with E-state index in [9.17, 15) is 58.2 Å². The fourth-order valence-corrected chi connectivity index (χ4v) is 11.1. The van der Waals surface area contributed by atoms with Crippen LogP contribution in [0.25, 0.3) is 0 Å². The van der Waals surface area contributed by atoms with Gasteiger partial charge in [-0.1, -0.05) is 94.9 Å². The van der Waals surface area contributed by atoms with Crippen LogP contribution in [0.3, 0.4) is 0 Å². The third kappa shape index (κ3) is 21.9. The molecule has 506 valence electrons. The Bertz CT molecular complexity index is 2540. The number of carboxylic acid groups (broad SMARTS) is 1. The lowest BCUT2D eigenvalue weighted by atomic mass is 9.92. The van der Waals surface area contributed by atoms with Crippen molar-refractivity contribution in [1.82, 2.24) is 55.6 Å². The molecule has 0 radical (unpaired) electrons. The largest absolute Gasteiger partial charge is 0.481 e. The topological polar surface area (TPSA) is 316 Å². The molecule has 1 fully saturated rings. The Morgan fingerprint density at radius 3 is 1.45 bits per heavy atom. The predicted molar refractivity (Wildman–Crippen MR) is 340 cm³/mol. The van der Waals surface area contributed by atoms with E-state index in [0.29, 0.717) is 0 Å². The highest BCUT2D eigenvalue weighted by molar-refractivity contribution is 6.00. The lowest BCUT2D eigenvalue weighted by molar-refractivity contribution is -0.155. The Morgan fingerprint density at radius 2 is 0.989 bits per heavy atom. The molecule has 0 aromatic rings. The number of nitrogens with one attached hydrogen (secondary N) is 4. The molecular formula is C64H111N11O14. The van der Waals surface area contributed by atoms with Crippen LogP contribution in [0, 0.1) is 35.5 Å². The van der Waals surface area contributed by atoms with Crippen LogP contribution < -0.4 is 21.3 Å². The van der Waals surface area contributed by atoms with Crippen molar-refractivity contribution < 1.29 is 67.7 Å². The zero-order valence-electron chi connectivity index (χ0n) is 57.6. The number of hydrogen-bond acceptors (Lipinski definition) is 13. The van der Waals surface area contributed by atoms with E-state index < -0.39 is 168 Å². The van der Waals surface area contributed by atoms with E-state index in [2.05, 4.69) is 27.8 Å². The van der Waals surface area contributed by atoms with Gasteiger partial charge in [-0.25, -0.2) is 0 Å². The van der Waals surface area contributed by atoms with Crippen molar-refractivity contribution in [3.63, 3.8) is 0 Å². The zero-order valence-corrected chi connectivity index (χ0v) is 57.6. The molecule has 25 heteroatoms. The van der Waals surface area contributed by atoms with Gasteiger partial charge in [-0.15, -0.1) is 0 Å². The lowest BCUT2D eigenvalue weighted by Crippen LogP contribution is -2.63. The summed E-state index contributed by atoms with van der Waals surface area (Å²) in [6.07, 6.45) is 1.97. The predicted octanol–water partition coefficient (Wildman–Crippen LogP) is 3.03. The van der Waals surface area contributed by atoms with Crippen LogP contribution in [-0.2, 0) is 57.5 Å². The normalized spacial score (nSPS) is 27.2. The van der Waals surface area contributed by atoms with Crippen LogP contribution >= 0.6 is 0 Å². The van der Waals surface area contributed by atoms with Gasteiger partial charge in [0.25, 0.3) is 0 Å². The fraction of sp³-hybridized carbons (Fsp3) is 0.750. The molecule has 1 aliphatic heterocycles. The van der Waals surface area contributed by atoms with Crippen molar-refractivity contribution in [2.24, 2.45) is 35.5 Å². The average molecular weight is 1260 g/mol. The van der Waals surface area contributed by atoms with Crippen LogP contribution in [0.5, 0.6) is 0 Å². The van der Waals surface area contributed by atoms with E-state index >= 15 is 9.59 Å². The number of aliphatic hydroxyl groups excluding tert-OH is 1. The van der Waals surface area contributed by atoms with Crippen molar-refractivity contribution in [1.29, 1.82) is 0 Å². The Kier molecular flexibility index (Phi) is 32.5. The van der Waals surface area contributed by atoms with E-state index in [-0.39, 0.29) is 61.9 Å². The van der Waals surface area contributed by atoms with E-state index in [1.54, 1.807) is 53.7 Å². The summed E-state index contributed by atoms with van der Waals surface area (Å²) in [5, 5.41) is 32.6. The highest BCUT2D eigenvalue weighted by Crippen LogP contribution is 2.26. The van der Waals surface area contributed by atoms with Crippen molar-refractivity contribution >= 4 is 70.9 Å². The molecule has 11 amide bonds. The van der Waals surface area contributed by atoms with Gasteiger partial charge in [-0.05, 0) is 114 Å². The zero-order chi connectivity index (χ0) is 69.1. The summed E-state index contributed by atoms with van der Waals surface area (Å²) in [7, 11) is 9.48. The monoisotopic (exact) mass is 1260 g/mol. The molecular weight excluding hydrogens is 1150 g/mol. The number of carbonyl (C=O) groups excluding carboxylic acids is 11. The number of aliphatic carboxylic acids is 1. The number of rotatable bonds is 17. The summed E-state index contributed by atoms with van der Waals surface area (Å²) in [5.41, 5.74) is 0.157.